The fraction of sp³-hybridized carbons (Fsp3) is 0.353. The Morgan fingerprint density at radius 1 is 1.22 bits per heavy atom. The smallest absolute Gasteiger partial charge is 0.271 e. The quantitative estimate of drug-likeness (QED) is 0.847. The SMILES string of the molecule is CCN(CC)c1cnc(C(=O)NCCc2cccc(Cl)c2)cn1. The van der Waals surface area contributed by atoms with Crippen molar-refractivity contribution in [3.8, 4) is 0 Å². The summed E-state index contributed by atoms with van der Waals surface area (Å²) in [6.45, 7) is 6.36. The normalized spacial score (nSPS) is 10.4. The van der Waals surface area contributed by atoms with Crippen molar-refractivity contribution in [2.75, 3.05) is 24.5 Å². The first-order valence-corrected chi connectivity index (χ1v) is 8.11. The van der Waals surface area contributed by atoms with Gasteiger partial charge in [-0.25, -0.2) is 9.97 Å². The summed E-state index contributed by atoms with van der Waals surface area (Å²) < 4.78 is 0. The monoisotopic (exact) mass is 332 g/mol. The van der Waals surface area contributed by atoms with E-state index in [9.17, 15) is 4.79 Å². The highest BCUT2D eigenvalue weighted by atomic mass is 35.5. The van der Waals surface area contributed by atoms with Crippen LogP contribution in [0, 0.1) is 0 Å². The fourth-order valence-electron chi connectivity index (χ4n) is 2.25. The second-order valence-corrected chi connectivity index (χ2v) is 5.50. The minimum atomic E-state index is -0.217. The Kier molecular flexibility index (Phi) is 6.35. The van der Waals surface area contributed by atoms with Gasteiger partial charge < -0.3 is 10.2 Å². The molecule has 0 radical (unpaired) electrons. The van der Waals surface area contributed by atoms with Crippen LogP contribution in [-0.4, -0.2) is 35.5 Å². The second kappa shape index (κ2) is 8.48. The number of rotatable bonds is 7. The van der Waals surface area contributed by atoms with Crippen LogP contribution in [0.3, 0.4) is 0 Å². The third kappa shape index (κ3) is 4.93. The Bertz CT molecular complexity index is 641. The minimum absolute atomic E-state index is 0.217. The van der Waals surface area contributed by atoms with Gasteiger partial charge in [-0.05, 0) is 38.0 Å². The number of hydrogen-bond donors (Lipinski definition) is 1. The lowest BCUT2D eigenvalue weighted by atomic mass is 10.1. The molecule has 0 unspecified atom stereocenters. The van der Waals surface area contributed by atoms with Crippen molar-refractivity contribution in [1.29, 1.82) is 0 Å². The van der Waals surface area contributed by atoms with E-state index in [0.717, 1.165) is 30.9 Å². The van der Waals surface area contributed by atoms with E-state index in [-0.39, 0.29) is 5.91 Å². The summed E-state index contributed by atoms with van der Waals surface area (Å²) in [4.78, 5) is 22.6. The lowest BCUT2D eigenvalue weighted by Crippen LogP contribution is -2.27. The van der Waals surface area contributed by atoms with E-state index < -0.39 is 0 Å². The molecule has 1 aromatic heterocycles. The molecule has 23 heavy (non-hydrogen) atoms. The zero-order valence-electron chi connectivity index (χ0n) is 13.4. The Morgan fingerprint density at radius 2 is 2.00 bits per heavy atom. The second-order valence-electron chi connectivity index (χ2n) is 5.07. The Hall–Kier alpha value is -2.14. The van der Waals surface area contributed by atoms with E-state index >= 15 is 0 Å². The molecule has 0 spiro atoms. The van der Waals surface area contributed by atoms with Crippen LogP contribution < -0.4 is 10.2 Å². The van der Waals surface area contributed by atoms with Crippen LogP contribution in [0.4, 0.5) is 5.82 Å². The average Bonchev–Trinajstić information content (AvgIpc) is 2.56. The van der Waals surface area contributed by atoms with Gasteiger partial charge >= 0.3 is 0 Å². The number of hydrogen-bond acceptors (Lipinski definition) is 4. The summed E-state index contributed by atoms with van der Waals surface area (Å²) in [5.41, 5.74) is 1.41. The molecule has 0 fully saturated rings. The molecule has 1 N–H and O–H groups in total. The van der Waals surface area contributed by atoms with E-state index in [1.54, 1.807) is 6.20 Å². The third-order valence-corrected chi connectivity index (χ3v) is 3.78. The number of amides is 1. The van der Waals surface area contributed by atoms with Gasteiger partial charge in [0.25, 0.3) is 5.91 Å². The minimum Gasteiger partial charge on any atom is -0.356 e. The predicted octanol–water partition coefficient (Wildman–Crippen LogP) is 2.95. The van der Waals surface area contributed by atoms with Crippen molar-refractivity contribution in [1.82, 2.24) is 15.3 Å². The largest absolute Gasteiger partial charge is 0.356 e. The number of benzene rings is 1. The van der Waals surface area contributed by atoms with Gasteiger partial charge in [0.2, 0.25) is 0 Å². The number of anilines is 1. The van der Waals surface area contributed by atoms with E-state index in [0.29, 0.717) is 17.3 Å². The number of halogens is 1. The molecule has 2 rings (SSSR count). The molecule has 1 heterocycles. The molecule has 5 nitrogen and oxygen atoms in total. The van der Waals surface area contributed by atoms with Crippen LogP contribution in [0.1, 0.15) is 29.9 Å². The van der Waals surface area contributed by atoms with Gasteiger partial charge in [0, 0.05) is 24.7 Å². The predicted molar refractivity (Wildman–Crippen MR) is 93.1 cm³/mol. The number of nitrogens with zero attached hydrogens (tertiary/aromatic N) is 3. The molecule has 0 saturated heterocycles. The van der Waals surface area contributed by atoms with Crippen molar-refractivity contribution in [3.05, 3.63) is 52.9 Å². The standard InChI is InChI=1S/C17H21ClN4O/c1-3-22(4-2)16-12-20-15(11-21-16)17(23)19-9-8-13-6-5-7-14(18)10-13/h5-7,10-12H,3-4,8-9H2,1-2H3,(H,19,23). The average molecular weight is 333 g/mol. The maximum atomic E-state index is 12.1. The number of carbonyl (C=O) groups excluding carboxylic acids is 1. The highest BCUT2D eigenvalue weighted by Crippen LogP contribution is 2.11. The van der Waals surface area contributed by atoms with E-state index in [2.05, 4.69) is 34.0 Å². The number of aromatic nitrogens is 2. The fourth-order valence-corrected chi connectivity index (χ4v) is 2.47. The van der Waals surface area contributed by atoms with Gasteiger partial charge in [-0.2, -0.15) is 0 Å². The first-order valence-electron chi connectivity index (χ1n) is 7.73. The van der Waals surface area contributed by atoms with Crippen LogP contribution in [0.25, 0.3) is 0 Å². The van der Waals surface area contributed by atoms with Crippen LogP contribution >= 0.6 is 11.6 Å². The summed E-state index contributed by atoms with van der Waals surface area (Å²) in [7, 11) is 0. The third-order valence-electron chi connectivity index (χ3n) is 3.55. The molecule has 0 atom stereocenters. The Labute approximate surface area is 141 Å². The topological polar surface area (TPSA) is 58.1 Å². The molecular formula is C17H21ClN4O. The van der Waals surface area contributed by atoms with Gasteiger partial charge in [0.15, 0.2) is 0 Å². The van der Waals surface area contributed by atoms with Gasteiger partial charge in [-0.3, -0.25) is 4.79 Å². The number of nitrogens with one attached hydrogen (secondary N) is 1. The van der Waals surface area contributed by atoms with Crippen molar-refractivity contribution >= 4 is 23.3 Å². The van der Waals surface area contributed by atoms with Crippen molar-refractivity contribution in [3.63, 3.8) is 0 Å². The highest BCUT2D eigenvalue weighted by molar-refractivity contribution is 6.30. The first kappa shape index (κ1) is 17.2. The Balaban J connectivity index is 1.88. The lowest BCUT2D eigenvalue weighted by Gasteiger charge is -2.18. The van der Waals surface area contributed by atoms with Crippen molar-refractivity contribution < 1.29 is 4.79 Å². The van der Waals surface area contributed by atoms with Crippen molar-refractivity contribution in [2.45, 2.75) is 20.3 Å². The summed E-state index contributed by atoms with van der Waals surface area (Å²) in [5, 5.41) is 3.55. The zero-order valence-corrected chi connectivity index (χ0v) is 14.2. The molecule has 0 aliphatic heterocycles. The molecular weight excluding hydrogens is 312 g/mol. The highest BCUT2D eigenvalue weighted by Gasteiger charge is 2.09. The molecule has 122 valence electrons. The zero-order chi connectivity index (χ0) is 16.7. The maximum absolute atomic E-state index is 12.1. The summed E-state index contributed by atoms with van der Waals surface area (Å²) in [6.07, 6.45) is 3.87. The van der Waals surface area contributed by atoms with Crippen LogP contribution in [-0.2, 0) is 6.42 Å². The van der Waals surface area contributed by atoms with E-state index in [1.807, 2.05) is 24.3 Å². The summed E-state index contributed by atoms with van der Waals surface area (Å²) >= 11 is 5.94. The van der Waals surface area contributed by atoms with Crippen molar-refractivity contribution in [2.24, 2.45) is 0 Å². The van der Waals surface area contributed by atoms with Gasteiger partial charge in [0.05, 0.1) is 12.4 Å². The first-order chi connectivity index (χ1) is 11.1. The molecule has 2 aromatic rings. The molecule has 0 aliphatic carbocycles. The lowest BCUT2D eigenvalue weighted by molar-refractivity contribution is 0.0949. The summed E-state index contributed by atoms with van der Waals surface area (Å²) in [6, 6.07) is 7.61. The van der Waals surface area contributed by atoms with Crippen LogP contribution in [0.15, 0.2) is 36.7 Å². The molecule has 6 heteroatoms. The molecule has 0 bridgehead atoms. The number of carbonyl (C=O) groups is 1. The van der Waals surface area contributed by atoms with Crippen LogP contribution in [0.2, 0.25) is 5.02 Å². The van der Waals surface area contributed by atoms with Gasteiger partial charge in [0.1, 0.15) is 11.5 Å². The Morgan fingerprint density at radius 3 is 2.61 bits per heavy atom. The van der Waals surface area contributed by atoms with Crippen LogP contribution in [0.5, 0.6) is 0 Å². The molecule has 1 amide bonds. The maximum Gasteiger partial charge on any atom is 0.271 e. The van der Waals surface area contributed by atoms with E-state index in [1.165, 1.54) is 6.20 Å². The molecule has 0 aliphatic rings. The van der Waals surface area contributed by atoms with Gasteiger partial charge in [-0.15, -0.1) is 0 Å². The van der Waals surface area contributed by atoms with Gasteiger partial charge in [-0.1, -0.05) is 23.7 Å². The summed E-state index contributed by atoms with van der Waals surface area (Å²) in [5.74, 6) is 0.566. The van der Waals surface area contributed by atoms with E-state index in [4.69, 9.17) is 11.6 Å². The molecule has 1 aromatic carbocycles. The molecule has 0 saturated carbocycles.